The molecule has 0 radical (unpaired) electrons. The Hall–Kier alpha value is -3.68. The SMILES string of the molecule is O=C(OC(c1ccccc1)c1ccccc1)C(O)COc1ccc2nc(CC3CNC3)cn2c1. The Morgan fingerprint density at radius 1 is 1.00 bits per heavy atom. The lowest BCUT2D eigenvalue weighted by Crippen LogP contribution is -2.43. The maximum Gasteiger partial charge on any atom is 0.339 e. The van der Waals surface area contributed by atoms with Crippen LogP contribution in [0.15, 0.2) is 85.2 Å². The first kappa shape index (κ1) is 22.1. The van der Waals surface area contributed by atoms with E-state index in [2.05, 4.69) is 10.3 Å². The molecular weight excluding hydrogens is 430 g/mol. The van der Waals surface area contributed by atoms with Gasteiger partial charge in [-0.1, -0.05) is 60.7 Å². The van der Waals surface area contributed by atoms with Gasteiger partial charge in [-0.15, -0.1) is 0 Å². The average Bonchev–Trinajstić information content (AvgIpc) is 3.26. The molecule has 7 heteroatoms. The summed E-state index contributed by atoms with van der Waals surface area (Å²) in [5.41, 5.74) is 3.53. The highest BCUT2D eigenvalue weighted by atomic mass is 16.6. The van der Waals surface area contributed by atoms with Crippen molar-refractivity contribution in [3.05, 3.63) is 102 Å². The Bertz CT molecular complexity index is 1200. The van der Waals surface area contributed by atoms with E-state index in [9.17, 15) is 9.90 Å². The summed E-state index contributed by atoms with van der Waals surface area (Å²) < 4.78 is 13.3. The molecule has 0 spiro atoms. The topological polar surface area (TPSA) is 85.1 Å². The lowest BCUT2D eigenvalue weighted by molar-refractivity contribution is -0.159. The van der Waals surface area contributed by atoms with Crippen molar-refractivity contribution in [1.82, 2.24) is 14.7 Å². The largest absolute Gasteiger partial charge is 0.489 e. The number of aromatic nitrogens is 2. The number of carbonyl (C=O) groups excluding carboxylic acids is 1. The van der Waals surface area contributed by atoms with Crippen LogP contribution in [0.4, 0.5) is 0 Å². The molecule has 1 aliphatic rings. The predicted octanol–water partition coefficient (Wildman–Crippen LogP) is 3.17. The van der Waals surface area contributed by atoms with Crippen LogP contribution in [-0.4, -0.2) is 46.3 Å². The number of esters is 1. The molecule has 5 rings (SSSR count). The van der Waals surface area contributed by atoms with Gasteiger partial charge in [-0.05, 0) is 48.7 Å². The first-order valence-corrected chi connectivity index (χ1v) is 11.5. The number of ether oxygens (including phenoxy) is 2. The monoisotopic (exact) mass is 457 g/mol. The lowest BCUT2D eigenvalue weighted by Gasteiger charge is -2.25. The molecule has 0 amide bonds. The highest BCUT2D eigenvalue weighted by Crippen LogP contribution is 2.26. The maximum atomic E-state index is 12.7. The Labute approximate surface area is 198 Å². The van der Waals surface area contributed by atoms with Gasteiger partial charge in [-0.2, -0.15) is 0 Å². The number of rotatable bonds is 9. The number of benzene rings is 2. The number of fused-ring (bicyclic) bond motifs is 1. The van der Waals surface area contributed by atoms with E-state index in [4.69, 9.17) is 9.47 Å². The summed E-state index contributed by atoms with van der Waals surface area (Å²) in [6.45, 7) is 1.85. The lowest BCUT2D eigenvalue weighted by atomic mass is 9.98. The Kier molecular flexibility index (Phi) is 6.56. The van der Waals surface area contributed by atoms with E-state index in [1.165, 1.54) is 0 Å². The third kappa shape index (κ3) is 5.11. The summed E-state index contributed by atoms with van der Waals surface area (Å²) in [6, 6.07) is 22.6. The Balaban J connectivity index is 1.22. The molecule has 0 aliphatic carbocycles. The first-order valence-electron chi connectivity index (χ1n) is 11.5. The highest BCUT2D eigenvalue weighted by molar-refractivity contribution is 5.75. The highest BCUT2D eigenvalue weighted by Gasteiger charge is 2.25. The minimum atomic E-state index is -1.42. The molecule has 1 saturated heterocycles. The van der Waals surface area contributed by atoms with E-state index in [0.717, 1.165) is 42.0 Å². The quantitative estimate of drug-likeness (QED) is 0.376. The van der Waals surface area contributed by atoms with Gasteiger partial charge >= 0.3 is 5.97 Å². The van der Waals surface area contributed by atoms with E-state index >= 15 is 0 Å². The van der Waals surface area contributed by atoms with Crippen molar-refractivity contribution in [1.29, 1.82) is 0 Å². The molecule has 4 aromatic rings. The van der Waals surface area contributed by atoms with Gasteiger partial charge in [0, 0.05) is 6.20 Å². The molecule has 2 aromatic heterocycles. The fourth-order valence-electron chi connectivity index (χ4n) is 4.02. The molecule has 174 valence electrons. The molecular formula is C27H27N3O4. The second-order valence-electron chi connectivity index (χ2n) is 8.56. The number of hydrogen-bond acceptors (Lipinski definition) is 6. The summed E-state index contributed by atoms with van der Waals surface area (Å²) in [5, 5.41) is 13.7. The van der Waals surface area contributed by atoms with Crippen molar-refractivity contribution in [2.24, 2.45) is 5.92 Å². The van der Waals surface area contributed by atoms with Crippen molar-refractivity contribution in [3.63, 3.8) is 0 Å². The van der Waals surface area contributed by atoms with Crippen LogP contribution in [0.5, 0.6) is 5.75 Å². The van der Waals surface area contributed by atoms with Crippen molar-refractivity contribution in [2.75, 3.05) is 19.7 Å². The van der Waals surface area contributed by atoms with E-state index in [-0.39, 0.29) is 6.61 Å². The fraction of sp³-hybridized carbons (Fsp3) is 0.259. The molecule has 34 heavy (non-hydrogen) atoms. The Morgan fingerprint density at radius 2 is 1.68 bits per heavy atom. The number of carbonyl (C=O) groups is 1. The van der Waals surface area contributed by atoms with E-state index in [1.807, 2.05) is 77.3 Å². The predicted molar refractivity (Wildman–Crippen MR) is 128 cm³/mol. The molecule has 1 aliphatic heterocycles. The van der Waals surface area contributed by atoms with Crippen molar-refractivity contribution in [2.45, 2.75) is 18.6 Å². The molecule has 1 fully saturated rings. The molecule has 0 bridgehead atoms. The van der Waals surface area contributed by atoms with Crippen molar-refractivity contribution in [3.8, 4) is 5.75 Å². The van der Waals surface area contributed by atoms with Gasteiger partial charge in [-0.25, -0.2) is 9.78 Å². The van der Waals surface area contributed by atoms with Gasteiger partial charge in [0.05, 0.1) is 11.9 Å². The van der Waals surface area contributed by atoms with Gasteiger partial charge in [0.1, 0.15) is 18.0 Å². The second-order valence-corrected chi connectivity index (χ2v) is 8.56. The number of aliphatic hydroxyl groups is 1. The minimum absolute atomic E-state index is 0.212. The summed E-state index contributed by atoms with van der Waals surface area (Å²) in [6.07, 6.45) is 2.71. The summed E-state index contributed by atoms with van der Waals surface area (Å²) in [4.78, 5) is 17.3. The van der Waals surface area contributed by atoms with Crippen LogP contribution in [0, 0.1) is 5.92 Å². The number of imidazole rings is 1. The zero-order chi connectivity index (χ0) is 23.3. The molecule has 3 heterocycles. The third-order valence-corrected chi connectivity index (χ3v) is 5.96. The molecule has 2 N–H and O–H groups in total. The molecule has 7 nitrogen and oxygen atoms in total. The average molecular weight is 458 g/mol. The maximum absolute atomic E-state index is 12.7. The van der Waals surface area contributed by atoms with Gasteiger partial charge in [0.15, 0.2) is 12.2 Å². The van der Waals surface area contributed by atoms with Crippen LogP contribution < -0.4 is 10.1 Å². The van der Waals surface area contributed by atoms with Gasteiger partial charge in [0.2, 0.25) is 0 Å². The van der Waals surface area contributed by atoms with Crippen LogP contribution in [0.1, 0.15) is 22.9 Å². The van der Waals surface area contributed by atoms with Crippen LogP contribution in [-0.2, 0) is 16.0 Å². The number of pyridine rings is 1. The smallest absolute Gasteiger partial charge is 0.339 e. The minimum Gasteiger partial charge on any atom is -0.489 e. The van der Waals surface area contributed by atoms with Gasteiger partial charge in [-0.3, -0.25) is 0 Å². The van der Waals surface area contributed by atoms with Gasteiger partial charge in [0.25, 0.3) is 0 Å². The molecule has 0 saturated carbocycles. The van der Waals surface area contributed by atoms with Crippen LogP contribution in [0.2, 0.25) is 0 Å². The molecule has 2 aromatic carbocycles. The molecule has 1 unspecified atom stereocenters. The van der Waals surface area contributed by atoms with E-state index in [0.29, 0.717) is 11.7 Å². The second kappa shape index (κ2) is 10.1. The van der Waals surface area contributed by atoms with E-state index in [1.54, 1.807) is 12.3 Å². The summed E-state index contributed by atoms with van der Waals surface area (Å²) in [7, 11) is 0. The van der Waals surface area contributed by atoms with Crippen LogP contribution in [0.3, 0.4) is 0 Å². The first-order chi connectivity index (χ1) is 16.7. The van der Waals surface area contributed by atoms with Crippen molar-refractivity contribution < 1.29 is 19.4 Å². The van der Waals surface area contributed by atoms with Crippen LogP contribution in [0.25, 0.3) is 5.65 Å². The Morgan fingerprint density at radius 3 is 2.29 bits per heavy atom. The number of nitrogens with one attached hydrogen (secondary N) is 1. The standard InChI is InChI=1S/C27H27N3O4/c31-24(27(32)34-26(20-7-3-1-4-8-20)21-9-5-2-6-10-21)18-33-23-11-12-25-29-22(16-30(25)17-23)13-19-14-28-15-19/h1-12,16-17,19,24,26,28,31H,13-15,18H2. The zero-order valence-corrected chi connectivity index (χ0v) is 18.7. The number of hydrogen-bond donors (Lipinski definition) is 2. The summed E-state index contributed by atoms with van der Waals surface area (Å²) >= 11 is 0. The summed E-state index contributed by atoms with van der Waals surface area (Å²) in [5.74, 6) is 0.437. The fourth-order valence-corrected chi connectivity index (χ4v) is 4.02. The number of nitrogens with zero attached hydrogens (tertiary/aromatic N) is 2. The normalized spacial score (nSPS) is 14.6. The van der Waals surface area contributed by atoms with E-state index < -0.39 is 18.2 Å². The van der Waals surface area contributed by atoms with Crippen LogP contribution >= 0.6 is 0 Å². The van der Waals surface area contributed by atoms with Gasteiger partial charge < -0.3 is 24.3 Å². The molecule has 1 atom stereocenters. The number of aliphatic hydroxyl groups excluding tert-OH is 1. The third-order valence-electron chi connectivity index (χ3n) is 5.96. The zero-order valence-electron chi connectivity index (χ0n) is 18.7. The van der Waals surface area contributed by atoms with Crippen molar-refractivity contribution >= 4 is 11.6 Å².